The van der Waals surface area contributed by atoms with Gasteiger partial charge in [0.2, 0.25) is 17.6 Å². The maximum absolute atomic E-state index is 14.8. The van der Waals surface area contributed by atoms with Gasteiger partial charge in [-0.05, 0) is 75.0 Å². The minimum atomic E-state index is -3.86. The Morgan fingerprint density at radius 1 is 0.982 bits per heavy atom. The summed E-state index contributed by atoms with van der Waals surface area (Å²) in [6.45, 7) is 13.6. The average molecular weight is 818 g/mol. The normalized spacial score (nSPS) is 24.1. The summed E-state index contributed by atoms with van der Waals surface area (Å²) in [5.41, 5.74) is 0.246. The quantitative estimate of drug-likeness (QED) is 0.133. The van der Waals surface area contributed by atoms with Crippen molar-refractivity contribution in [3.63, 3.8) is 0 Å². The Morgan fingerprint density at radius 3 is 2.18 bits per heavy atom. The Kier molecular flexibility index (Phi) is 14.4. The third kappa shape index (κ3) is 9.66. The van der Waals surface area contributed by atoms with Crippen LogP contribution in [0.4, 0.5) is 4.79 Å². The van der Waals surface area contributed by atoms with Crippen molar-refractivity contribution in [3.05, 3.63) is 23.4 Å². The summed E-state index contributed by atoms with van der Waals surface area (Å²) in [7, 11) is -2.33. The number of Topliss-reactive ketones (excluding diaryl/α,β-unsaturated/α-hetero) is 1. The van der Waals surface area contributed by atoms with E-state index in [1.807, 2.05) is 6.92 Å². The number of carbonyl (C=O) groups excluding carboxylic acids is 5. The van der Waals surface area contributed by atoms with Crippen LogP contribution in [0.25, 0.3) is 0 Å². The van der Waals surface area contributed by atoms with Crippen LogP contribution in [-0.4, -0.2) is 103 Å². The number of nitrogens with one attached hydrogen (secondary N) is 4. The molecule has 56 heavy (non-hydrogen) atoms. The number of piperidine rings is 1. The number of rotatable bonds is 17. The van der Waals surface area contributed by atoms with E-state index in [0.717, 1.165) is 75.5 Å². The topological polar surface area (TPSA) is 187 Å². The molecule has 1 unspecified atom stereocenters. The van der Waals surface area contributed by atoms with E-state index in [1.165, 1.54) is 17.4 Å². The molecule has 0 spiro atoms. The third-order valence-corrected chi connectivity index (χ3v) is 16.3. The number of hydrogen-bond donors (Lipinski definition) is 4. The van der Waals surface area contributed by atoms with E-state index < -0.39 is 57.8 Å². The number of amides is 5. The first-order chi connectivity index (χ1) is 26.5. The van der Waals surface area contributed by atoms with Crippen LogP contribution < -0.4 is 21.3 Å². The highest BCUT2D eigenvalue weighted by atomic mass is 32.2. The van der Waals surface area contributed by atoms with Crippen molar-refractivity contribution in [2.24, 2.45) is 29.1 Å². The van der Waals surface area contributed by atoms with Crippen molar-refractivity contribution in [2.75, 3.05) is 26.7 Å². The summed E-state index contributed by atoms with van der Waals surface area (Å²) in [6.07, 6.45) is 11.4. The van der Waals surface area contributed by atoms with Gasteiger partial charge in [0.15, 0.2) is 4.21 Å². The van der Waals surface area contributed by atoms with Crippen LogP contribution in [-0.2, 0) is 29.2 Å². The van der Waals surface area contributed by atoms with Gasteiger partial charge in [-0.25, -0.2) is 18.2 Å². The van der Waals surface area contributed by atoms with E-state index in [-0.39, 0.29) is 58.7 Å². The van der Waals surface area contributed by atoms with Crippen LogP contribution in [0.3, 0.4) is 0 Å². The number of aryl methyl sites for hydroxylation is 2. The summed E-state index contributed by atoms with van der Waals surface area (Å²) in [4.78, 5) is 74.8. The second-order valence-electron chi connectivity index (χ2n) is 17.0. The molecule has 4 fully saturated rings. The molecule has 3 saturated carbocycles. The Hall–Kier alpha value is -3.37. The molecular weight excluding hydrogens is 755 g/mol. The predicted octanol–water partition coefficient (Wildman–Crippen LogP) is 4.22. The largest absolute Gasteiger partial charge is 0.346 e. The lowest BCUT2D eigenvalue weighted by atomic mass is 9.82. The molecule has 0 radical (unpaired) electrons. The molecule has 0 bridgehead atoms. The van der Waals surface area contributed by atoms with Crippen molar-refractivity contribution in [1.82, 2.24) is 35.5 Å². The Labute approximate surface area is 336 Å². The summed E-state index contributed by atoms with van der Waals surface area (Å²) in [5.74, 6) is -2.51. The fraction of sp³-hybridized carbons (Fsp3) is 0.750. The first kappa shape index (κ1) is 43.7. The number of thiazole rings is 1. The second kappa shape index (κ2) is 18.5. The molecular formula is C40H63N7O7S2. The number of fused-ring (bicyclic) bond motifs is 1. The number of hydrogen-bond acceptors (Lipinski definition) is 9. The van der Waals surface area contributed by atoms with Crippen LogP contribution >= 0.6 is 11.3 Å². The highest BCUT2D eigenvalue weighted by molar-refractivity contribution is 7.91. The van der Waals surface area contributed by atoms with Gasteiger partial charge in [-0.15, -0.1) is 17.9 Å². The zero-order chi connectivity index (χ0) is 40.9. The number of sulfonamides is 1. The van der Waals surface area contributed by atoms with E-state index in [2.05, 4.69) is 46.7 Å². The number of ketones is 1. The van der Waals surface area contributed by atoms with Crippen LogP contribution in [0.1, 0.15) is 109 Å². The van der Waals surface area contributed by atoms with Crippen molar-refractivity contribution in [2.45, 2.75) is 140 Å². The highest BCUT2D eigenvalue weighted by Gasteiger charge is 2.69. The number of urea groups is 1. The molecule has 16 heteroatoms. The van der Waals surface area contributed by atoms with Gasteiger partial charge in [0, 0.05) is 32.7 Å². The summed E-state index contributed by atoms with van der Waals surface area (Å²) >= 11 is 1.13. The molecule has 4 aliphatic rings. The van der Waals surface area contributed by atoms with E-state index in [1.54, 1.807) is 18.7 Å². The molecule has 1 aromatic heterocycles. The fourth-order valence-corrected chi connectivity index (χ4v) is 12.4. The van der Waals surface area contributed by atoms with Gasteiger partial charge in [0.25, 0.3) is 15.9 Å². The van der Waals surface area contributed by atoms with E-state index in [4.69, 9.17) is 0 Å². The molecule has 1 saturated heterocycles. The fourth-order valence-electron chi connectivity index (χ4n) is 9.53. The molecule has 312 valence electrons. The van der Waals surface area contributed by atoms with Gasteiger partial charge in [-0.2, -0.15) is 4.31 Å². The SMILES string of the molecule is C=CCNC(=O)C(=O)C(CCC)NC(=O)[C@@H]1[C@@H]2[C@H](CN1C(=O)[C@@H](NC(=O)N[C@H](CN(C)S(=O)(=O)c1sc(C)nc1C)C1CCCCC1)C1CCCCC1)C2(C)C. The second-order valence-corrected chi connectivity index (χ2v) is 20.4. The smallest absolute Gasteiger partial charge is 0.315 e. The number of aromatic nitrogens is 1. The van der Waals surface area contributed by atoms with Gasteiger partial charge >= 0.3 is 6.03 Å². The number of carbonyl (C=O) groups is 5. The van der Waals surface area contributed by atoms with Gasteiger partial charge in [0.05, 0.1) is 16.7 Å². The first-order valence-corrected chi connectivity index (χ1v) is 22.8. The Morgan fingerprint density at radius 2 is 1.61 bits per heavy atom. The molecule has 1 aromatic rings. The Balaban J connectivity index is 1.36. The molecule has 5 rings (SSSR count). The zero-order valence-corrected chi connectivity index (χ0v) is 35.7. The van der Waals surface area contributed by atoms with E-state index >= 15 is 0 Å². The zero-order valence-electron chi connectivity index (χ0n) is 34.0. The monoisotopic (exact) mass is 817 g/mol. The average Bonchev–Trinajstić information content (AvgIpc) is 3.46. The molecule has 1 aliphatic heterocycles. The van der Waals surface area contributed by atoms with Crippen molar-refractivity contribution in [3.8, 4) is 0 Å². The van der Waals surface area contributed by atoms with Crippen LogP contribution in [0.2, 0.25) is 0 Å². The van der Waals surface area contributed by atoms with Crippen LogP contribution in [0.15, 0.2) is 16.9 Å². The molecule has 5 amide bonds. The summed E-state index contributed by atoms with van der Waals surface area (Å²) in [6, 6.07) is -3.85. The summed E-state index contributed by atoms with van der Waals surface area (Å²) in [5, 5.41) is 12.2. The van der Waals surface area contributed by atoms with E-state index in [9.17, 15) is 32.4 Å². The lowest BCUT2D eigenvalue weighted by Crippen LogP contribution is -2.61. The van der Waals surface area contributed by atoms with Crippen molar-refractivity contribution < 1.29 is 32.4 Å². The maximum Gasteiger partial charge on any atom is 0.315 e. The van der Waals surface area contributed by atoms with Gasteiger partial charge in [0.1, 0.15) is 12.1 Å². The lowest BCUT2D eigenvalue weighted by Gasteiger charge is -2.38. The molecule has 0 aromatic carbocycles. The minimum absolute atomic E-state index is 0.0545. The van der Waals surface area contributed by atoms with Crippen molar-refractivity contribution in [1.29, 1.82) is 0 Å². The summed E-state index contributed by atoms with van der Waals surface area (Å²) < 4.78 is 28.9. The lowest BCUT2D eigenvalue weighted by molar-refractivity contribution is -0.144. The van der Waals surface area contributed by atoms with Gasteiger partial charge in [-0.3, -0.25) is 19.2 Å². The van der Waals surface area contributed by atoms with Gasteiger partial charge < -0.3 is 26.2 Å². The third-order valence-electron chi connectivity index (χ3n) is 12.8. The Bertz CT molecular complexity index is 1730. The van der Waals surface area contributed by atoms with Crippen LogP contribution in [0, 0.1) is 42.9 Å². The minimum Gasteiger partial charge on any atom is -0.346 e. The van der Waals surface area contributed by atoms with Crippen LogP contribution in [0.5, 0.6) is 0 Å². The molecule has 6 atom stereocenters. The highest BCUT2D eigenvalue weighted by Crippen LogP contribution is 2.65. The molecule has 14 nitrogen and oxygen atoms in total. The standard InChI is InChI=1S/C40H63N7O7S2/c1-8-16-29(34(48)36(50)41-21-9-2)43-35(49)33-31-28(40(31,5)6)22-47(33)37(51)32(27-19-14-11-15-20-27)45-39(52)44-30(26-17-12-10-13-18-26)23-46(7)56(53,54)38-24(3)42-25(4)55-38/h9,26-33H,2,8,10-23H2,1,3-7H3,(H,41,50)(H,43,49)(H2,44,45,52)/t28-,29?,30+,31-,32-,33-/m0/s1. The number of likely N-dealkylation sites (tertiary alicyclic amines) is 1. The molecule has 3 aliphatic carbocycles. The van der Waals surface area contributed by atoms with Crippen molar-refractivity contribution >= 4 is 50.9 Å². The predicted molar refractivity (Wildman–Crippen MR) is 215 cm³/mol. The maximum atomic E-state index is 14.8. The van der Waals surface area contributed by atoms with E-state index in [0.29, 0.717) is 23.7 Å². The molecule has 4 N–H and O–H groups in total. The number of likely N-dealkylation sites (N-methyl/N-ethyl adjacent to an activating group) is 1. The van der Waals surface area contributed by atoms with Gasteiger partial charge in [-0.1, -0.05) is 71.8 Å². The molecule has 2 heterocycles. The first-order valence-electron chi connectivity index (χ1n) is 20.5. The number of nitrogens with zero attached hydrogens (tertiary/aromatic N) is 3.